The van der Waals surface area contributed by atoms with Crippen LogP contribution in [0.25, 0.3) is 0 Å². The third-order valence-electron chi connectivity index (χ3n) is 5.25. The topological polar surface area (TPSA) is 40.6 Å². The van der Waals surface area contributed by atoms with Crippen molar-refractivity contribution >= 4 is 11.6 Å². The molecule has 4 aliphatic rings. The maximum Gasteiger partial charge on any atom is 0.135 e. The van der Waals surface area contributed by atoms with Crippen LogP contribution >= 0.6 is 0 Å². The number of Topliss-reactive ketones (excluding diaryl/α,β-unsaturated/α-hetero) is 2. The smallest absolute Gasteiger partial charge is 0.135 e. The van der Waals surface area contributed by atoms with Crippen molar-refractivity contribution < 1.29 is 9.59 Å². The number of hydrogen-bond donors (Lipinski definition) is 0. The van der Waals surface area contributed by atoms with E-state index in [-0.39, 0.29) is 0 Å². The third-order valence-corrected chi connectivity index (χ3v) is 5.25. The lowest BCUT2D eigenvalue weighted by Gasteiger charge is -2.25. The standard InChI is InChI=1S/2C9H15NO/c2*11-9-3-5-10(6-4-9)7-8-1-2-8/h2*8H,1-7H2. The molecule has 4 nitrogen and oxygen atoms in total. The molecule has 0 aromatic carbocycles. The zero-order valence-corrected chi connectivity index (χ0v) is 13.8. The lowest BCUT2D eigenvalue weighted by Crippen LogP contribution is -2.35. The molecular weight excluding hydrogens is 276 g/mol. The molecular formula is C18H30N2O2. The van der Waals surface area contributed by atoms with E-state index in [1.54, 1.807) is 0 Å². The normalized spacial score (nSPS) is 27.5. The third kappa shape index (κ3) is 5.81. The van der Waals surface area contributed by atoms with Crippen molar-refractivity contribution in [1.29, 1.82) is 0 Å². The number of carbonyl (C=O) groups is 2. The molecule has 2 saturated carbocycles. The summed E-state index contributed by atoms with van der Waals surface area (Å²) in [7, 11) is 0. The predicted molar refractivity (Wildman–Crippen MR) is 86.8 cm³/mol. The van der Waals surface area contributed by atoms with Gasteiger partial charge in [0.05, 0.1) is 0 Å². The Bertz CT molecular complexity index is 344. The van der Waals surface area contributed by atoms with E-state index in [1.165, 1.54) is 38.8 Å². The van der Waals surface area contributed by atoms with Crippen LogP contribution in [0.5, 0.6) is 0 Å². The van der Waals surface area contributed by atoms with Crippen molar-refractivity contribution in [3.05, 3.63) is 0 Å². The Morgan fingerprint density at radius 1 is 0.636 bits per heavy atom. The molecule has 4 heteroatoms. The van der Waals surface area contributed by atoms with Crippen molar-refractivity contribution in [2.24, 2.45) is 11.8 Å². The van der Waals surface area contributed by atoms with Gasteiger partial charge >= 0.3 is 0 Å². The highest BCUT2D eigenvalue weighted by molar-refractivity contribution is 5.79. The van der Waals surface area contributed by atoms with Crippen LogP contribution in [0.15, 0.2) is 0 Å². The molecule has 22 heavy (non-hydrogen) atoms. The Balaban J connectivity index is 0.000000131. The fraction of sp³-hybridized carbons (Fsp3) is 0.889. The van der Waals surface area contributed by atoms with Gasteiger partial charge in [0.15, 0.2) is 0 Å². The average Bonchev–Trinajstić information content (AvgIpc) is 3.41. The second-order valence-corrected chi connectivity index (χ2v) is 7.57. The van der Waals surface area contributed by atoms with Gasteiger partial charge in [0, 0.05) is 65.0 Å². The largest absolute Gasteiger partial charge is 0.302 e. The highest BCUT2D eigenvalue weighted by atomic mass is 16.1. The molecule has 2 saturated heterocycles. The van der Waals surface area contributed by atoms with E-state index in [0.29, 0.717) is 11.6 Å². The maximum absolute atomic E-state index is 10.9. The fourth-order valence-electron chi connectivity index (χ4n) is 3.30. The van der Waals surface area contributed by atoms with Crippen LogP contribution in [0.4, 0.5) is 0 Å². The number of rotatable bonds is 4. The zero-order chi connectivity index (χ0) is 15.4. The number of carbonyl (C=O) groups excluding carboxylic acids is 2. The van der Waals surface area contributed by atoms with Crippen LogP contribution in [0.1, 0.15) is 51.4 Å². The fourth-order valence-corrected chi connectivity index (χ4v) is 3.30. The minimum absolute atomic E-state index is 0.456. The van der Waals surface area contributed by atoms with E-state index in [4.69, 9.17) is 0 Å². The second kappa shape index (κ2) is 7.69. The van der Waals surface area contributed by atoms with Gasteiger partial charge in [-0.1, -0.05) is 0 Å². The van der Waals surface area contributed by atoms with Gasteiger partial charge < -0.3 is 9.80 Å². The first kappa shape index (κ1) is 16.1. The Kier molecular flexibility index (Phi) is 5.64. The van der Waals surface area contributed by atoms with Gasteiger partial charge in [-0.25, -0.2) is 0 Å². The summed E-state index contributed by atoms with van der Waals surface area (Å²) >= 11 is 0. The van der Waals surface area contributed by atoms with Gasteiger partial charge in [0.2, 0.25) is 0 Å². The van der Waals surface area contributed by atoms with Gasteiger partial charge in [-0.2, -0.15) is 0 Å². The molecule has 4 fully saturated rings. The molecule has 0 N–H and O–H groups in total. The van der Waals surface area contributed by atoms with E-state index in [2.05, 4.69) is 9.80 Å². The highest BCUT2D eigenvalue weighted by Crippen LogP contribution is 2.30. The van der Waals surface area contributed by atoms with Crippen LogP contribution in [-0.4, -0.2) is 60.6 Å². The Morgan fingerprint density at radius 3 is 1.23 bits per heavy atom. The van der Waals surface area contributed by atoms with Crippen molar-refractivity contribution in [2.45, 2.75) is 51.4 Å². The number of ketones is 2. The van der Waals surface area contributed by atoms with Crippen LogP contribution in [0.2, 0.25) is 0 Å². The molecule has 4 rings (SSSR count). The van der Waals surface area contributed by atoms with Gasteiger partial charge in [-0.15, -0.1) is 0 Å². The SMILES string of the molecule is O=C1CCN(CC2CC2)CC1.O=C1CCN(CC2CC2)CC1. The molecule has 0 atom stereocenters. The molecule has 2 heterocycles. The van der Waals surface area contributed by atoms with E-state index in [1.807, 2.05) is 0 Å². The Morgan fingerprint density at radius 2 is 0.955 bits per heavy atom. The molecule has 0 spiro atoms. The van der Waals surface area contributed by atoms with Crippen molar-refractivity contribution in [2.75, 3.05) is 39.3 Å². The van der Waals surface area contributed by atoms with Gasteiger partial charge in [-0.3, -0.25) is 9.59 Å². The molecule has 2 aliphatic heterocycles. The monoisotopic (exact) mass is 306 g/mol. The van der Waals surface area contributed by atoms with Crippen LogP contribution in [0.3, 0.4) is 0 Å². The minimum atomic E-state index is 0.456. The van der Waals surface area contributed by atoms with Crippen molar-refractivity contribution in [3.63, 3.8) is 0 Å². The highest BCUT2D eigenvalue weighted by Gasteiger charge is 2.26. The quantitative estimate of drug-likeness (QED) is 0.798. The zero-order valence-electron chi connectivity index (χ0n) is 13.8. The molecule has 124 valence electrons. The lowest BCUT2D eigenvalue weighted by molar-refractivity contribution is -0.122. The maximum atomic E-state index is 10.9. The van der Waals surface area contributed by atoms with Crippen molar-refractivity contribution in [1.82, 2.24) is 9.80 Å². The van der Waals surface area contributed by atoms with Gasteiger partial charge in [-0.05, 0) is 37.5 Å². The first-order valence-electron chi connectivity index (χ1n) is 9.17. The molecule has 0 bridgehead atoms. The Hall–Kier alpha value is -0.740. The summed E-state index contributed by atoms with van der Waals surface area (Å²) in [4.78, 5) is 26.7. The number of hydrogen-bond acceptors (Lipinski definition) is 4. The van der Waals surface area contributed by atoms with Gasteiger partial charge in [0.1, 0.15) is 11.6 Å². The summed E-state index contributed by atoms with van der Waals surface area (Å²) in [6.45, 7) is 6.61. The molecule has 2 aliphatic carbocycles. The van der Waals surface area contributed by atoms with Gasteiger partial charge in [0.25, 0.3) is 0 Å². The molecule has 0 radical (unpaired) electrons. The summed E-state index contributed by atoms with van der Waals surface area (Å²) < 4.78 is 0. The summed E-state index contributed by atoms with van der Waals surface area (Å²) in [5.74, 6) is 2.86. The van der Waals surface area contributed by atoms with Crippen LogP contribution in [0, 0.1) is 11.8 Å². The van der Waals surface area contributed by atoms with E-state index >= 15 is 0 Å². The minimum Gasteiger partial charge on any atom is -0.302 e. The summed E-state index contributed by atoms with van der Waals surface area (Å²) in [6, 6.07) is 0. The number of piperidine rings is 2. The van der Waals surface area contributed by atoms with E-state index < -0.39 is 0 Å². The number of nitrogens with zero attached hydrogens (tertiary/aromatic N) is 2. The van der Waals surface area contributed by atoms with Crippen LogP contribution in [-0.2, 0) is 9.59 Å². The predicted octanol–water partition coefficient (Wildman–Crippen LogP) is 2.12. The molecule has 0 aromatic rings. The summed E-state index contributed by atoms with van der Waals surface area (Å²) in [6.07, 6.45) is 8.88. The second-order valence-electron chi connectivity index (χ2n) is 7.57. The molecule has 0 unspecified atom stereocenters. The number of likely N-dealkylation sites (tertiary alicyclic amines) is 2. The summed E-state index contributed by atoms with van der Waals surface area (Å²) in [5, 5.41) is 0. The molecule has 0 aromatic heterocycles. The first-order chi connectivity index (χ1) is 10.7. The first-order valence-corrected chi connectivity index (χ1v) is 9.17. The van der Waals surface area contributed by atoms with Crippen molar-refractivity contribution in [3.8, 4) is 0 Å². The average molecular weight is 306 g/mol. The van der Waals surface area contributed by atoms with E-state index in [0.717, 1.165) is 63.7 Å². The van der Waals surface area contributed by atoms with Crippen LogP contribution < -0.4 is 0 Å². The summed E-state index contributed by atoms with van der Waals surface area (Å²) in [5.41, 5.74) is 0. The van der Waals surface area contributed by atoms with E-state index in [9.17, 15) is 9.59 Å². The Labute approximate surface area is 134 Å². The lowest BCUT2D eigenvalue weighted by atomic mass is 10.1. The molecule has 0 amide bonds.